The van der Waals surface area contributed by atoms with Crippen molar-refractivity contribution in [2.45, 2.75) is 44.5 Å². The first-order valence-corrected chi connectivity index (χ1v) is 7.69. The van der Waals surface area contributed by atoms with E-state index in [4.69, 9.17) is 23.2 Å². The van der Waals surface area contributed by atoms with E-state index in [0.29, 0.717) is 11.1 Å². The van der Waals surface area contributed by atoms with Crippen molar-refractivity contribution < 1.29 is 0 Å². The van der Waals surface area contributed by atoms with Gasteiger partial charge in [0.2, 0.25) is 0 Å². The lowest BCUT2D eigenvalue weighted by atomic mass is 10.1. The van der Waals surface area contributed by atoms with Crippen LogP contribution in [0.2, 0.25) is 5.02 Å². The van der Waals surface area contributed by atoms with Crippen molar-refractivity contribution >= 4 is 34.2 Å². The normalized spacial score (nSPS) is 25.1. The highest BCUT2D eigenvalue weighted by Crippen LogP contribution is 2.40. The zero-order valence-electron chi connectivity index (χ0n) is 11.2. The van der Waals surface area contributed by atoms with Gasteiger partial charge in [-0.2, -0.15) is 0 Å². The van der Waals surface area contributed by atoms with Crippen LogP contribution in [0.4, 0.5) is 0 Å². The van der Waals surface area contributed by atoms with E-state index in [1.165, 1.54) is 19.3 Å². The first-order chi connectivity index (χ1) is 9.08. The first-order valence-electron chi connectivity index (χ1n) is 6.88. The van der Waals surface area contributed by atoms with Crippen LogP contribution in [0.1, 0.15) is 50.4 Å². The van der Waals surface area contributed by atoms with E-state index in [1.807, 2.05) is 19.1 Å². The number of fused-ring (bicyclic) bond motifs is 1. The number of aromatic nitrogens is 2. The number of hydrogen-bond donors (Lipinski definition) is 0. The van der Waals surface area contributed by atoms with Crippen LogP contribution in [0.5, 0.6) is 0 Å². The summed E-state index contributed by atoms with van der Waals surface area (Å²) in [4.78, 5) is 4.68. The Labute approximate surface area is 123 Å². The zero-order valence-corrected chi connectivity index (χ0v) is 12.7. The number of para-hydroxylation sites is 1. The molecule has 0 bridgehead atoms. The summed E-state index contributed by atoms with van der Waals surface area (Å²) in [6.45, 7) is 4.29. The summed E-state index contributed by atoms with van der Waals surface area (Å²) in [7, 11) is 0. The molecule has 0 saturated heterocycles. The van der Waals surface area contributed by atoms with Gasteiger partial charge in [-0.15, -0.1) is 11.6 Å². The molecule has 19 heavy (non-hydrogen) atoms. The number of nitrogens with zero attached hydrogens (tertiary/aromatic N) is 2. The summed E-state index contributed by atoms with van der Waals surface area (Å²) >= 11 is 12.6. The first kappa shape index (κ1) is 13.3. The molecule has 102 valence electrons. The SMILES string of the molecule is CC1CCC(n2c(C(C)Cl)nc3c(Cl)cccc32)C1. The Morgan fingerprint density at radius 3 is 2.79 bits per heavy atom. The van der Waals surface area contributed by atoms with Gasteiger partial charge in [0.05, 0.1) is 15.9 Å². The van der Waals surface area contributed by atoms with Gasteiger partial charge in [0.25, 0.3) is 0 Å². The van der Waals surface area contributed by atoms with E-state index >= 15 is 0 Å². The molecule has 3 rings (SSSR count). The van der Waals surface area contributed by atoms with E-state index in [0.717, 1.165) is 22.8 Å². The average Bonchev–Trinajstić information content (AvgIpc) is 2.93. The van der Waals surface area contributed by atoms with Gasteiger partial charge in [0.1, 0.15) is 11.3 Å². The maximum atomic E-state index is 6.32. The molecule has 1 fully saturated rings. The van der Waals surface area contributed by atoms with Crippen LogP contribution in [0.3, 0.4) is 0 Å². The summed E-state index contributed by atoms with van der Waals surface area (Å²) in [5, 5.41) is 0.611. The quantitative estimate of drug-likeness (QED) is 0.683. The molecule has 0 radical (unpaired) electrons. The fourth-order valence-electron chi connectivity index (χ4n) is 3.18. The molecule has 1 aromatic carbocycles. The fourth-order valence-corrected chi connectivity index (χ4v) is 3.54. The lowest BCUT2D eigenvalue weighted by molar-refractivity contribution is 0.488. The average molecular weight is 297 g/mol. The van der Waals surface area contributed by atoms with Crippen molar-refractivity contribution in [1.82, 2.24) is 9.55 Å². The van der Waals surface area contributed by atoms with Gasteiger partial charge in [0, 0.05) is 6.04 Å². The van der Waals surface area contributed by atoms with E-state index in [-0.39, 0.29) is 5.38 Å². The van der Waals surface area contributed by atoms with Gasteiger partial charge in [-0.25, -0.2) is 4.98 Å². The Morgan fingerprint density at radius 1 is 1.37 bits per heavy atom. The number of hydrogen-bond acceptors (Lipinski definition) is 1. The van der Waals surface area contributed by atoms with Gasteiger partial charge in [-0.05, 0) is 44.2 Å². The molecule has 0 N–H and O–H groups in total. The zero-order chi connectivity index (χ0) is 13.6. The highest BCUT2D eigenvalue weighted by molar-refractivity contribution is 6.35. The van der Waals surface area contributed by atoms with Crippen molar-refractivity contribution in [3.63, 3.8) is 0 Å². The Bertz CT molecular complexity index is 603. The molecule has 4 heteroatoms. The molecule has 1 aliphatic carbocycles. The summed E-state index contributed by atoms with van der Waals surface area (Å²) in [6.07, 6.45) is 3.69. The number of halogens is 2. The summed E-state index contributed by atoms with van der Waals surface area (Å²) < 4.78 is 2.32. The second-order valence-electron chi connectivity index (χ2n) is 5.64. The highest BCUT2D eigenvalue weighted by Gasteiger charge is 2.28. The number of alkyl halides is 1. The van der Waals surface area contributed by atoms with Crippen LogP contribution in [0, 0.1) is 5.92 Å². The summed E-state index contributed by atoms with van der Waals surface area (Å²) in [5.74, 6) is 1.73. The van der Waals surface area contributed by atoms with Gasteiger partial charge in [0.15, 0.2) is 0 Å². The molecule has 0 amide bonds. The van der Waals surface area contributed by atoms with Crippen molar-refractivity contribution in [1.29, 1.82) is 0 Å². The van der Waals surface area contributed by atoms with Crippen LogP contribution in [-0.4, -0.2) is 9.55 Å². The molecule has 3 unspecified atom stereocenters. The summed E-state index contributed by atoms with van der Waals surface area (Å²) in [5.41, 5.74) is 2.00. The minimum Gasteiger partial charge on any atom is -0.324 e. The van der Waals surface area contributed by atoms with E-state index < -0.39 is 0 Å². The molecule has 0 spiro atoms. The van der Waals surface area contributed by atoms with Crippen LogP contribution in [0.15, 0.2) is 18.2 Å². The van der Waals surface area contributed by atoms with Crippen LogP contribution in [0.25, 0.3) is 11.0 Å². The highest BCUT2D eigenvalue weighted by atomic mass is 35.5. The molecular formula is C15H18Cl2N2. The van der Waals surface area contributed by atoms with Crippen molar-refractivity contribution in [2.75, 3.05) is 0 Å². The van der Waals surface area contributed by atoms with Crippen molar-refractivity contribution in [2.24, 2.45) is 5.92 Å². The third kappa shape index (κ3) is 2.25. The molecule has 2 aromatic rings. The lowest BCUT2D eigenvalue weighted by Crippen LogP contribution is -2.10. The minimum absolute atomic E-state index is 0.0978. The maximum absolute atomic E-state index is 6.32. The van der Waals surface area contributed by atoms with E-state index in [2.05, 4.69) is 22.5 Å². The number of benzene rings is 1. The van der Waals surface area contributed by atoms with Crippen molar-refractivity contribution in [3.05, 3.63) is 29.0 Å². The molecule has 1 aromatic heterocycles. The largest absolute Gasteiger partial charge is 0.324 e. The summed E-state index contributed by atoms with van der Waals surface area (Å²) in [6, 6.07) is 6.49. The topological polar surface area (TPSA) is 17.8 Å². The molecule has 0 aliphatic heterocycles. The Morgan fingerprint density at radius 2 is 2.16 bits per heavy atom. The second-order valence-corrected chi connectivity index (χ2v) is 6.70. The van der Waals surface area contributed by atoms with Gasteiger partial charge in [-0.1, -0.05) is 24.6 Å². The van der Waals surface area contributed by atoms with Gasteiger partial charge >= 0.3 is 0 Å². The number of rotatable bonds is 2. The predicted molar refractivity (Wildman–Crippen MR) is 81.1 cm³/mol. The smallest absolute Gasteiger partial charge is 0.128 e. The Hall–Kier alpha value is -0.730. The molecular weight excluding hydrogens is 279 g/mol. The standard InChI is InChI=1S/C15H18Cl2N2/c1-9-6-7-11(8-9)19-13-5-3-4-12(17)14(13)18-15(19)10(2)16/h3-5,9-11H,6-8H2,1-2H3. The van der Waals surface area contributed by atoms with Crippen LogP contribution < -0.4 is 0 Å². The molecule has 1 aliphatic rings. The fraction of sp³-hybridized carbons (Fsp3) is 0.533. The van der Waals surface area contributed by atoms with E-state index in [9.17, 15) is 0 Å². The Kier molecular flexibility index (Phi) is 3.48. The molecule has 1 saturated carbocycles. The Balaban J connectivity index is 2.20. The monoisotopic (exact) mass is 296 g/mol. The third-order valence-electron chi connectivity index (χ3n) is 4.09. The lowest BCUT2D eigenvalue weighted by Gasteiger charge is -2.17. The van der Waals surface area contributed by atoms with Gasteiger partial charge in [-0.3, -0.25) is 0 Å². The minimum atomic E-state index is -0.0978. The van der Waals surface area contributed by atoms with Crippen LogP contribution in [-0.2, 0) is 0 Å². The molecule has 2 nitrogen and oxygen atoms in total. The van der Waals surface area contributed by atoms with E-state index in [1.54, 1.807) is 0 Å². The predicted octanol–water partition coefficient (Wildman–Crippen LogP) is 5.35. The van der Waals surface area contributed by atoms with Crippen molar-refractivity contribution in [3.8, 4) is 0 Å². The third-order valence-corrected chi connectivity index (χ3v) is 4.59. The van der Waals surface area contributed by atoms with Gasteiger partial charge < -0.3 is 4.57 Å². The second kappa shape index (κ2) is 4.99. The molecule has 1 heterocycles. The van der Waals surface area contributed by atoms with Crippen LogP contribution >= 0.6 is 23.2 Å². The number of imidazole rings is 1. The molecule has 3 atom stereocenters. The maximum Gasteiger partial charge on any atom is 0.128 e.